The average Bonchev–Trinajstić information content (AvgIpc) is 2.93. The summed E-state index contributed by atoms with van der Waals surface area (Å²) in [5.74, 6) is -1.23. The molecule has 1 unspecified atom stereocenters. The first-order chi connectivity index (χ1) is 14.8. The molecule has 1 atom stereocenters. The van der Waals surface area contributed by atoms with Crippen molar-refractivity contribution in [3.63, 3.8) is 0 Å². The summed E-state index contributed by atoms with van der Waals surface area (Å²) < 4.78 is 0. The van der Waals surface area contributed by atoms with E-state index in [2.05, 4.69) is 31.4 Å². The molecule has 0 aliphatic carbocycles. The maximum Gasteiger partial charge on any atom is 0.325 e. The number of nitrogens with one attached hydrogen (secondary N) is 2. The number of benzene rings is 2. The van der Waals surface area contributed by atoms with Gasteiger partial charge in [0.25, 0.3) is 11.6 Å². The topological polar surface area (TPSA) is 122 Å². The summed E-state index contributed by atoms with van der Waals surface area (Å²) in [5, 5.41) is 15.9. The van der Waals surface area contributed by atoms with Gasteiger partial charge in [-0.2, -0.15) is 0 Å². The highest BCUT2D eigenvalue weighted by molar-refractivity contribution is 6.34. The van der Waals surface area contributed by atoms with Gasteiger partial charge in [-0.05, 0) is 29.5 Å². The Balaban J connectivity index is 1.74. The SMILES string of the molecule is CC(C)(C)c1ccc(C2(C)NC(=O)N(CC(=O)Nc3ccc([N+](=O)[O-])cc3Cl)C2=O)cc1. The van der Waals surface area contributed by atoms with Gasteiger partial charge in [-0.15, -0.1) is 0 Å². The molecule has 2 N–H and O–H groups in total. The van der Waals surface area contributed by atoms with Crippen LogP contribution in [0, 0.1) is 10.1 Å². The molecule has 1 aliphatic rings. The van der Waals surface area contributed by atoms with Crippen LogP contribution in [0.2, 0.25) is 5.02 Å². The molecule has 10 heteroatoms. The smallest absolute Gasteiger partial charge is 0.323 e. The number of imide groups is 1. The van der Waals surface area contributed by atoms with Crippen LogP contribution in [0.1, 0.15) is 38.8 Å². The first-order valence-corrected chi connectivity index (χ1v) is 10.2. The number of carbonyl (C=O) groups is 3. The largest absolute Gasteiger partial charge is 0.325 e. The number of carbonyl (C=O) groups excluding carboxylic acids is 3. The Bertz CT molecular complexity index is 1110. The minimum Gasteiger partial charge on any atom is -0.323 e. The zero-order valence-electron chi connectivity index (χ0n) is 18.1. The van der Waals surface area contributed by atoms with Crippen LogP contribution in [-0.2, 0) is 20.5 Å². The highest BCUT2D eigenvalue weighted by Crippen LogP contribution is 2.31. The Labute approximate surface area is 189 Å². The lowest BCUT2D eigenvalue weighted by Gasteiger charge is -2.24. The number of rotatable bonds is 5. The number of hydrogen-bond acceptors (Lipinski definition) is 5. The quantitative estimate of drug-likeness (QED) is 0.399. The highest BCUT2D eigenvalue weighted by atomic mass is 35.5. The summed E-state index contributed by atoms with van der Waals surface area (Å²) in [4.78, 5) is 49.0. The Hall–Kier alpha value is -3.46. The van der Waals surface area contributed by atoms with Crippen LogP contribution < -0.4 is 10.6 Å². The molecular formula is C22H23ClN4O5. The van der Waals surface area contributed by atoms with E-state index < -0.39 is 34.9 Å². The fourth-order valence-electron chi connectivity index (χ4n) is 3.39. The van der Waals surface area contributed by atoms with E-state index in [9.17, 15) is 24.5 Å². The van der Waals surface area contributed by atoms with Crippen LogP contribution in [0.3, 0.4) is 0 Å². The van der Waals surface area contributed by atoms with Crippen molar-refractivity contribution in [1.29, 1.82) is 0 Å². The van der Waals surface area contributed by atoms with Crippen LogP contribution in [0.5, 0.6) is 0 Å². The zero-order valence-corrected chi connectivity index (χ0v) is 18.8. The Morgan fingerprint density at radius 3 is 2.34 bits per heavy atom. The second kappa shape index (κ2) is 8.23. The summed E-state index contributed by atoms with van der Waals surface area (Å²) in [6.45, 7) is 7.27. The molecule has 0 aromatic heterocycles. The normalized spacial score (nSPS) is 18.5. The van der Waals surface area contributed by atoms with Crippen molar-refractivity contribution < 1.29 is 19.3 Å². The van der Waals surface area contributed by atoms with Gasteiger partial charge >= 0.3 is 6.03 Å². The minimum absolute atomic E-state index is 0.0338. The van der Waals surface area contributed by atoms with E-state index in [4.69, 9.17) is 11.6 Å². The minimum atomic E-state index is -1.31. The number of non-ortho nitro benzene ring substituents is 1. The van der Waals surface area contributed by atoms with Crippen molar-refractivity contribution in [3.05, 3.63) is 68.7 Å². The molecule has 1 fully saturated rings. The Morgan fingerprint density at radius 2 is 1.81 bits per heavy atom. The summed E-state index contributed by atoms with van der Waals surface area (Å²) in [6, 6.07) is 10.3. The number of nitrogens with zero attached hydrogens (tertiary/aromatic N) is 2. The maximum absolute atomic E-state index is 13.1. The second-order valence-electron chi connectivity index (χ2n) is 8.74. The molecule has 0 saturated carbocycles. The maximum atomic E-state index is 13.1. The first kappa shape index (κ1) is 23.2. The molecule has 32 heavy (non-hydrogen) atoms. The van der Waals surface area contributed by atoms with E-state index in [-0.39, 0.29) is 21.8 Å². The number of urea groups is 1. The molecule has 0 spiro atoms. The van der Waals surface area contributed by atoms with Crippen LogP contribution in [0.4, 0.5) is 16.2 Å². The Kier molecular flexibility index (Phi) is 5.97. The van der Waals surface area contributed by atoms with Gasteiger partial charge in [-0.1, -0.05) is 56.6 Å². The molecule has 1 heterocycles. The third-order valence-electron chi connectivity index (χ3n) is 5.34. The summed E-state index contributed by atoms with van der Waals surface area (Å²) in [6.07, 6.45) is 0. The number of hydrogen-bond donors (Lipinski definition) is 2. The van der Waals surface area contributed by atoms with Gasteiger partial charge in [0.2, 0.25) is 5.91 Å². The fourth-order valence-corrected chi connectivity index (χ4v) is 3.61. The van der Waals surface area contributed by atoms with Crippen molar-refractivity contribution >= 4 is 40.8 Å². The van der Waals surface area contributed by atoms with Crippen molar-refractivity contribution in [2.45, 2.75) is 38.6 Å². The van der Waals surface area contributed by atoms with E-state index in [1.807, 2.05) is 12.1 Å². The van der Waals surface area contributed by atoms with E-state index in [0.29, 0.717) is 5.56 Å². The summed E-state index contributed by atoms with van der Waals surface area (Å²) in [7, 11) is 0. The van der Waals surface area contributed by atoms with Crippen LogP contribution in [0.25, 0.3) is 0 Å². The molecule has 4 amide bonds. The van der Waals surface area contributed by atoms with Gasteiger partial charge in [0.05, 0.1) is 15.6 Å². The molecule has 0 radical (unpaired) electrons. The summed E-state index contributed by atoms with van der Waals surface area (Å²) >= 11 is 5.98. The van der Waals surface area contributed by atoms with E-state index in [1.165, 1.54) is 12.1 Å². The third-order valence-corrected chi connectivity index (χ3v) is 5.66. The molecule has 9 nitrogen and oxygen atoms in total. The zero-order chi connectivity index (χ0) is 23.8. The first-order valence-electron chi connectivity index (χ1n) is 9.82. The number of nitro groups is 1. The predicted octanol–water partition coefficient (Wildman–Crippen LogP) is 3.95. The van der Waals surface area contributed by atoms with Gasteiger partial charge in [0.15, 0.2) is 0 Å². The lowest BCUT2D eigenvalue weighted by atomic mass is 9.84. The van der Waals surface area contributed by atoms with Crippen LogP contribution in [0.15, 0.2) is 42.5 Å². The monoisotopic (exact) mass is 458 g/mol. The van der Waals surface area contributed by atoms with Gasteiger partial charge in [-0.25, -0.2) is 4.79 Å². The van der Waals surface area contributed by atoms with E-state index in [0.717, 1.165) is 16.5 Å². The van der Waals surface area contributed by atoms with E-state index in [1.54, 1.807) is 19.1 Å². The molecule has 1 saturated heterocycles. The predicted molar refractivity (Wildman–Crippen MR) is 119 cm³/mol. The van der Waals surface area contributed by atoms with Crippen molar-refractivity contribution in [3.8, 4) is 0 Å². The van der Waals surface area contributed by atoms with Gasteiger partial charge in [0.1, 0.15) is 12.1 Å². The highest BCUT2D eigenvalue weighted by Gasteiger charge is 2.49. The molecule has 2 aromatic carbocycles. The van der Waals surface area contributed by atoms with E-state index >= 15 is 0 Å². The third kappa shape index (κ3) is 4.43. The molecular weight excluding hydrogens is 436 g/mol. The van der Waals surface area contributed by atoms with Gasteiger partial charge in [-0.3, -0.25) is 24.6 Å². The molecule has 0 bridgehead atoms. The number of amides is 4. The number of halogens is 1. The van der Waals surface area contributed by atoms with Gasteiger partial charge < -0.3 is 10.6 Å². The van der Waals surface area contributed by atoms with Crippen molar-refractivity contribution in [1.82, 2.24) is 10.2 Å². The molecule has 3 rings (SSSR count). The lowest BCUT2D eigenvalue weighted by Crippen LogP contribution is -2.42. The molecule has 2 aromatic rings. The lowest BCUT2D eigenvalue weighted by molar-refractivity contribution is -0.384. The molecule has 168 valence electrons. The van der Waals surface area contributed by atoms with Crippen molar-refractivity contribution in [2.24, 2.45) is 0 Å². The van der Waals surface area contributed by atoms with Gasteiger partial charge in [0, 0.05) is 12.1 Å². The summed E-state index contributed by atoms with van der Waals surface area (Å²) in [5.41, 5.74) is 0.220. The van der Waals surface area contributed by atoms with Crippen LogP contribution in [-0.4, -0.2) is 34.2 Å². The number of nitro benzene ring substituents is 1. The van der Waals surface area contributed by atoms with Crippen LogP contribution >= 0.6 is 11.6 Å². The molecule has 1 aliphatic heterocycles. The fraction of sp³-hybridized carbons (Fsp3) is 0.318. The average molecular weight is 459 g/mol. The van der Waals surface area contributed by atoms with Crippen molar-refractivity contribution in [2.75, 3.05) is 11.9 Å². The second-order valence-corrected chi connectivity index (χ2v) is 9.15. The standard InChI is InChI=1S/C22H23ClN4O5/c1-21(2,3)13-5-7-14(8-6-13)22(4)19(29)26(20(30)25-22)12-18(28)24-17-10-9-15(27(31)32)11-16(17)23/h5-11H,12H2,1-4H3,(H,24,28)(H,25,30). The Morgan fingerprint density at radius 1 is 1.19 bits per heavy atom. The number of anilines is 1.